The van der Waals surface area contributed by atoms with Crippen molar-refractivity contribution < 1.29 is 19.1 Å². The van der Waals surface area contributed by atoms with Gasteiger partial charge in [-0.2, -0.15) is 0 Å². The number of hydrogen-bond donors (Lipinski definition) is 0. The zero-order chi connectivity index (χ0) is 21.6. The summed E-state index contributed by atoms with van der Waals surface area (Å²) in [5.74, 6) is -1.07. The van der Waals surface area contributed by atoms with Gasteiger partial charge in [-0.15, -0.1) is 0 Å². The molecule has 0 N–H and O–H groups in total. The molecule has 2 aromatic carbocycles. The van der Waals surface area contributed by atoms with E-state index in [1.807, 2.05) is 36.1 Å². The molecule has 0 bridgehead atoms. The number of aryl methyl sites for hydroxylation is 1. The van der Waals surface area contributed by atoms with Crippen LogP contribution in [0.15, 0.2) is 42.5 Å². The number of imide groups is 1. The van der Waals surface area contributed by atoms with Crippen LogP contribution in [-0.2, 0) is 25.7 Å². The summed E-state index contributed by atoms with van der Waals surface area (Å²) >= 11 is 6.20. The first-order valence-electron chi connectivity index (χ1n) is 9.21. The van der Waals surface area contributed by atoms with Crippen molar-refractivity contribution in [3.8, 4) is 0 Å². The number of nitrogens with zero attached hydrogens (tertiary/aromatic N) is 2. The number of halogens is 1. The summed E-state index contributed by atoms with van der Waals surface area (Å²) in [5, 5.41) is 0.493. The van der Waals surface area contributed by atoms with Crippen molar-refractivity contribution >= 4 is 40.8 Å². The van der Waals surface area contributed by atoms with Gasteiger partial charge in [-0.25, -0.2) is 0 Å². The van der Waals surface area contributed by atoms with Gasteiger partial charge in [0.05, 0.1) is 19.2 Å². The molecule has 0 fully saturated rings. The molecule has 0 saturated carbocycles. The molecular weight excluding hydrogens is 392 g/mol. The number of esters is 1. The third-order valence-corrected chi connectivity index (χ3v) is 4.72. The van der Waals surface area contributed by atoms with Crippen molar-refractivity contribution in [1.82, 2.24) is 0 Å². The molecule has 2 amide bonds. The lowest BCUT2D eigenvalue weighted by Crippen LogP contribution is -2.35. The van der Waals surface area contributed by atoms with E-state index in [1.54, 1.807) is 18.2 Å². The SMILES string of the molecule is COC(=O)CCN(Cc1cc(Cl)ccc1N(C(C)=O)C(C)=O)c1ccc(C)cc1. The molecule has 7 heteroatoms. The van der Waals surface area contributed by atoms with Crippen LogP contribution in [-0.4, -0.2) is 31.4 Å². The molecule has 0 aliphatic rings. The molecule has 0 aromatic heterocycles. The summed E-state index contributed by atoms with van der Waals surface area (Å²) in [4.78, 5) is 38.9. The second-order valence-electron chi connectivity index (χ2n) is 6.73. The van der Waals surface area contributed by atoms with E-state index in [-0.39, 0.29) is 24.2 Å². The van der Waals surface area contributed by atoms with Gasteiger partial charge in [0.25, 0.3) is 0 Å². The molecule has 0 atom stereocenters. The van der Waals surface area contributed by atoms with Crippen molar-refractivity contribution in [3.63, 3.8) is 0 Å². The van der Waals surface area contributed by atoms with Gasteiger partial charge >= 0.3 is 5.97 Å². The second kappa shape index (κ2) is 10.1. The summed E-state index contributed by atoms with van der Waals surface area (Å²) in [6.45, 7) is 5.44. The zero-order valence-corrected chi connectivity index (χ0v) is 17.8. The van der Waals surface area contributed by atoms with Gasteiger partial charge in [-0.1, -0.05) is 29.3 Å². The molecule has 154 valence electrons. The first kappa shape index (κ1) is 22.4. The van der Waals surface area contributed by atoms with E-state index in [2.05, 4.69) is 0 Å². The Balaban J connectivity index is 2.44. The average molecular weight is 417 g/mol. The van der Waals surface area contributed by atoms with E-state index in [0.717, 1.165) is 16.2 Å². The molecule has 29 heavy (non-hydrogen) atoms. The highest BCUT2D eigenvalue weighted by molar-refractivity contribution is 6.30. The lowest BCUT2D eigenvalue weighted by atomic mass is 10.1. The smallest absolute Gasteiger partial charge is 0.307 e. The molecule has 6 nitrogen and oxygen atoms in total. The Morgan fingerprint density at radius 2 is 1.62 bits per heavy atom. The Morgan fingerprint density at radius 1 is 1.00 bits per heavy atom. The molecule has 2 aromatic rings. The van der Waals surface area contributed by atoms with Crippen molar-refractivity contribution in [1.29, 1.82) is 0 Å². The number of benzene rings is 2. The highest BCUT2D eigenvalue weighted by Crippen LogP contribution is 2.28. The molecule has 0 spiro atoms. The van der Waals surface area contributed by atoms with Crippen LogP contribution in [0.3, 0.4) is 0 Å². The van der Waals surface area contributed by atoms with E-state index < -0.39 is 0 Å². The van der Waals surface area contributed by atoms with E-state index in [1.165, 1.54) is 21.0 Å². The van der Waals surface area contributed by atoms with E-state index in [4.69, 9.17) is 16.3 Å². The van der Waals surface area contributed by atoms with Crippen LogP contribution in [0.5, 0.6) is 0 Å². The van der Waals surface area contributed by atoms with Gasteiger partial charge in [-0.05, 0) is 42.8 Å². The van der Waals surface area contributed by atoms with Crippen LogP contribution >= 0.6 is 11.6 Å². The number of ether oxygens (including phenoxy) is 1. The molecular formula is C22H25ClN2O4. The summed E-state index contributed by atoms with van der Waals surface area (Å²) in [7, 11) is 1.35. The predicted molar refractivity (Wildman–Crippen MR) is 114 cm³/mol. The molecule has 2 rings (SSSR count). The molecule has 0 aliphatic carbocycles. The van der Waals surface area contributed by atoms with E-state index >= 15 is 0 Å². The summed E-state index contributed by atoms with van der Waals surface area (Å²) in [5.41, 5.74) is 3.20. The lowest BCUT2D eigenvalue weighted by Gasteiger charge is -2.28. The first-order valence-corrected chi connectivity index (χ1v) is 9.59. The molecule has 0 saturated heterocycles. The minimum Gasteiger partial charge on any atom is -0.469 e. The number of carbonyl (C=O) groups excluding carboxylic acids is 3. The molecule has 0 aliphatic heterocycles. The Bertz CT molecular complexity index is 882. The normalized spacial score (nSPS) is 10.4. The highest BCUT2D eigenvalue weighted by atomic mass is 35.5. The monoisotopic (exact) mass is 416 g/mol. The van der Waals surface area contributed by atoms with Gasteiger partial charge < -0.3 is 9.64 Å². The fourth-order valence-electron chi connectivity index (χ4n) is 3.05. The Hall–Kier alpha value is -2.86. The van der Waals surface area contributed by atoms with Crippen LogP contribution in [0.2, 0.25) is 5.02 Å². The first-order chi connectivity index (χ1) is 13.7. The topological polar surface area (TPSA) is 66.9 Å². The summed E-state index contributed by atoms with van der Waals surface area (Å²) in [6.07, 6.45) is 0.198. The summed E-state index contributed by atoms with van der Waals surface area (Å²) in [6, 6.07) is 12.9. The van der Waals surface area contributed by atoms with Crippen LogP contribution in [0.25, 0.3) is 0 Å². The minimum atomic E-state index is -0.377. The van der Waals surface area contributed by atoms with Crippen LogP contribution in [0.4, 0.5) is 11.4 Å². The Labute approximate surface area is 176 Å². The van der Waals surface area contributed by atoms with E-state index in [9.17, 15) is 14.4 Å². The molecule has 0 unspecified atom stereocenters. The van der Waals surface area contributed by atoms with E-state index in [0.29, 0.717) is 29.4 Å². The van der Waals surface area contributed by atoms with Gasteiger partial charge in [0.2, 0.25) is 11.8 Å². The lowest BCUT2D eigenvalue weighted by molar-refractivity contribution is -0.140. The minimum absolute atomic E-state index is 0.198. The maximum Gasteiger partial charge on any atom is 0.307 e. The largest absolute Gasteiger partial charge is 0.469 e. The third kappa shape index (κ3) is 6.06. The van der Waals surface area contributed by atoms with Crippen molar-refractivity contribution in [2.24, 2.45) is 0 Å². The van der Waals surface area contributed by atoms with Gasteiger partial charge in [0.1, 0.15) is 0 Å². The van der Waals surface area contributed by atoms with Crippen LogP contribution < -0.4 is 9.80 Å². The third-order valence-electron chi connectivity index (χ3n) is 4.49. The molecule has 0 radical (unpaired) electrons. The number of rotatable bonds is 7. The zero-order valence-electron chi connectivity index (χ0n) is 17.1. The Morgan fingerprint density at radius 3 is 2.17 bits per heavy atom. The fourth-order valence-corrected chi connectivity index (χ4v) is 3.24. The van der Waals surface area contributed by atoms with Gasteiger partial charge in [-0.3, -0.25) is 19.3 Å². The highest BCUT2D eigenvalue weighted by Gasteiger charge is 2.21. The maximum atomic E-state index is 12.1. The van der Waals surface area contributed by atoms with Crippen molar-refractivity contribution in [3.05, 3.63) is 58.6 Å². The van der Waals surface area contributed by atoms with Crippen LogP contribution in [0, 0.1) is 6.92 Å². The Kier molecular flexibility index (Phi) is 7.79. The van der Waals surface area contributed by atoms with Crippen molar-refractivity contribution in [2.45, 2.75) is 33.7 Å². The molecule has 0 heterocycles. The van der Waals surface area contributed by atoms with Gasteiger partial charge in [0, 0.05) is 37.6 Å². The quantitative estimate of drug-likeness (QED) is 0.635. The van der Waals surface area contributed by atoms with Crippen LogP contribution in [0.1, 0.15) is 31.4 Å². The number of anilines is 2. The number of hydrogen-bond acceptors (Lipinski definition) is 5. The predicted octanol–water partition coefficient (Wildman–Crippen LogP) is 4.12. The number of carbonyl (C=O) groups is 3. The van der Waals surface area contributed by atoms with Crippen molar-refractivity contribution in [2.75, 3.05) is 23.5 Å². The van der Waals surface area contributed by atoms with Gasteiger partial charge in [0.15, 0.2) is 0 Å². The number of methoxy groups -OCH3 is 1. The second-order valence-corrected chi connectivity index (χ2v) is 7.17. The average Bonchev–Trinajstić information content (AvgIpc) is 2.66. The maximum absolute atomic E-state index is 12.1. The standard InChI is InChI=1S/C22H25ClN2O4/c1-15-5-8-20(9-6-15)24(12-11-22(28)29-4)14-18-13-19(23)7-10-21(18)25(16(2)26)17(3)27/h5-10,13H,11-12,14H2,1-4H3. The summed E-state index contributed by atoms with van der Waals surface area (Å²) < 4.78 is 4.77. The number of amides is 2. The fraction of sp³-hybridized carbons (Fsp3) is 0.318.